The fourth-order valence-electron chi connectivity index (χ4n) is 8.03. The van der Waals surface area contributed by atoms with Crippen LogP contribution in [0.3, 0.4) is 0 Å². The molecule has 1 aliphatic heterocycles. The Balaban J connectivity index is 0.000000151. The first kappa shape index (κ1) is 36.7. The molecule has 17 nitrogen and oxygen atoms in total. The van der Waals surface area contributed by atoms with Crippen LogP contribution in [0, 0.1) is 19.3 Å². The number of hydrogen-bond acceptors (Lipinski definition) is 11. The lowest BCUT2D eigenvalue weighted by Gasteiger charge is -2.40. The van der Waals surface area contributed by atoms with E-state index in [1.54, 1.807) is 46.7 Å². The molecule has 0 bridgehead atoms. The summed E-state index contributed by atoms with van der Waals surface area (Å²) in [6, 6.07) is -0.0829. The molecule has 294 valence electrons. The summed E-state index contributed by atoms with van der Waals surface area (Å²) in [5.74, 6) is 0.554. The van der Waals surface area contributed by atoms with Crippen LogP contribution in [0.4, 0.5) is 5.95 Å². The summed E-state index contributed by atoms with van der Waals surface area (Å²) in [6.45, 7) is 7.06. The summed E-state index contributed by atoms with van der Waals surface area (Å²) in [7, 11) is 3.97. The van der Waals surface area contributed by atoms with Gasteiger partial charge in [-0.05, 0) is 64.0 Å². The van der Waals surface area contributed by atoms with E-state index in [0.29, 0.717) is 29.6 Å². The largest absolute Gasteiger partial charge is 0.343 e. The lowest BCUT2D eigenvalue weighted by Crippen LogP contribution is -2.49. The van der Waals surface area contributed by atoms with Crippen molar-refractivity contribution in [2.24, 2.45) is 19.5 Å². The van der Waals surface area contributed by atoms with Gasteiger partial charge in [0.2, 0.25) is 11.2 Å². The number of carbonyl (C=O) groups excluding carboxylic acids is 2. The van der Waals surface area contributed by atoms with Gasteiger partial charge in [-0.25, -0.2) is 29.9 Å². The van der Waals surface area contributed by atoms with Crippen molar-refractivity contribution in [2.75, 3.05) is 18.0 Å². The third-order valence-electron chi connectivity index (χ3n) is 11.7. The molecule has 1 saturated carbocycles. The minimum absolute atomic E-state index is 0.0356. The Bertz CT molecular complexity index is 2490. The van der Waals surface area contributed by atoms with Crippen LogP contribution in [-0.4, -0.2) is 83.5 Å². The van der Waals surface area contributed by atoms with E-state index >= 15 is 0 Å². The predicted octanol–water partition coefficient (Wildman–Crippen LogP) is 3.61. The summed E-state index contributed by atoms with van der Waals surface area (Å²) < 4.78 is 7.50. The van der Waals surface area contributed by atoms with Gasteiger partial charge in [0.15, 0.2) is 0 Å². The number of aryl methyl sites for hydroxylation is 4. The number of imidazole rings is 2. The molecule has 6 aromatic heterocycles. The molecule has 7 heterocycles. The van der Waals surface area contributed by atoms with Crippen LogP contribution < -0.4 is 15.5 Å². The summed E-state index contributed by atoms with van der Waals surface area (Å²) in [5, 5.41) is 15.0. The van der Waals surface area contributed by atoms with Gasteiger partial charge in [0.25, 0.3) is 11.8 Å². The van der Waals surface area contributed by atoms with Crippen molar-refractivity contribution in [3.63, 3.8) is 0 Å². The number of nitrogens with one attached hydrogen (secondary N) is 2. The highest BCUT2D eigenvalue weighted by molar-refractivity contribution is 6.28. The van der Waals surface area contributed by atoms with Gasteiger partial charge in [0.05, 0.1) is 72.7 Å². The molecule has 2 fully saturated rings. The molecule has 0 unspecified atom stereocenters. The molecule has 1 spiro atoms. The summed E-state index contributed by atoms with van der Waals surface area (Å²) in [6.07, 6.45) is 20.1. The van der Waals surface area contributed by atoms with E-state index in [2.05, 4.69) is 50.7 Å². The van der Waals surface area contributed by atoms with Gasteiger partial charge in [0.1, 0.15) is 0 Å². The summed E-state index contributed by atoms with van der Waals surface area (Å²) in [5.41, 5.74) is 9.63. The summed E-state index contributed by atoms with van der Waals surface area (Å²) in [4.78, 5) is 53.8. The molecule has 18 heteroatoms. The van der Waals surface area contributed by atoms with Crippen molar-refractivity contribution in [1.82, 2.24) is 69.2 Å². The molecule has 1 saturated heterocycles. The highest BCUT2D eigenvalue weighted by Crippen LogP contribution is 2.53. The molecule has 6 aromatic rings. The molecule has 57 heavy (non-hydrogen) atoms. The number of amides is 2. The van der Waals surface area contributed by atoms with Crippen LogP contribution in [0.2, 0.25) is 5.28 Å². The lowest BCUT2D eigenvalue weighted by molar-refractivity contribution is 0.0927. The minimum atomic E-state index is -0.149. The lowest BCUT2D eigenvalue weighted by atomic mass is 9.98. The molecular weight excluding hydrogens is 746 g/mol. The van der Waals surface area contributed by atoms with Gasteiger partial charge in [-0.1, -0.05) is 0 Å². The zero-order valence-electron chi connectivity index (χ0n) is 32.4. The normalized spacial score (nSPS) is 18.4. The van der Waals surface area contributed by atoms with Gasteiger partial charge in [-0.2, -0.15) is 10.2 Å². The Hall–Kier alpha value is -5.97. The van der Waals surface area contributed by atoms with Crippen molar-refractivity contribution in [3.8, 4) is 0 Å². The molecule has 3 aliphatic carbocycles. The van der Waals surface area contributed by atoms with Crippen LogP contribution in [0.1, 0.15) is 104 Å². The van der Waals surface area contributed by atoms with Crippen LogP contribution in [0.25, 0.3) is 0 Å². The first-order chi connectivity index (χ1) is 27.5. The van der Waals surface area contributed by atoms with E-state index in [4.69, 9.17) is 16.6 Å². The number of hydrogen-bond donors (Lipinski definition) is 2. The van der Waals surface area contributed by atoms with E-state index in [-0.39, 0.29) is 29.2 Å². The smallest absolute Gasteiger partial charge is 0.255 e. The second-order valence-corrected chi connectivity index (χ2v) is 16.1. The first-order valence-electron chi connectivity index (χ1n) is 19.2. The monoisotopic (exact) mass is 789 g/mol. The van der Waals surface area contributed by atoms with Gasteiger partial charge in [0, 0.05) is 91.3 Å². The number of fused-ring (bicyclic) bond motifs is 2. The highest BCUT2D eigenvalue weighted by Gasteiger charge is 2.53. The fourth-order valence-corrected chi connectivity index (χ4v) is 8.20. The number of carbonyl (C=O) groups is 2. The maximum atomic E-state index is 12.7. The van der Waals surface area contributed by atoms with Crippen molar-refractivity contribution in [1.29, 1.82) is 0 Å². The Labute approximate surface area is 333 Å². The zero-order chi connectivity index (χ0) is 39.4. The fraction of sp³-hybridized carbons (Fsp3) is 0.436. The van der Waals surface area contributed by atoms with Gasteiger partial charge < -0.3 is 24.7 Å². The molecule has 4 aliphatic rings. The molecule has 2 atom stereocenters. The van der Waals surface area contributed by atoms with Crippen LogP contribution >= 0.6 is 11.6 Å². The van der Waals surface area contributed by atoms with Crippen molar-refractivity contribution in [2.45, 2.75) is 77.5 Å². The Morgan fingerprint density at radius 1 is 0.737 bits per heavy atom. The van der Waals surface area contributed by atoms with Gasteiger partial charge in [-0.3, -0.25) is 19.0 Å². The van der Waals surface area contributed by atoms with Crippen molar-refractivity contribution < 1.29 is 9.59 Å². The topological polar surface area (TPSA) is 184 Å². The molecular formula is C39H44ClN15O2. The number of rotatable bonds is 9. The highest BCUT2D eigenvalue weighted by atomic mass is 35.5. The molecule has 10 rings (SSSR count). The Kier molecular flexibility index (Phi) is 9.33. The van der Waals surface area contributed by atoms with Crippen LogP contribution in [0.15, 0.2) is 49.8 Å². The quantitative estimate of drug-likeness (QED) is 0.204. The third-order valence-corrected chi connectivity index (χ3v) is 11.8. The SMILES string of the molecule is Cc1nc(Cl)ncc1Cn1cc(C(=O)N[C@@H]2CCc3c2ncn3C)cn1.Cc1nc(N2CC3(CC3)C2)ncc1Cn1cc(C(=O)N[C@@H]2CCc3c2ncn3C)cn1. The molecule has 2 N–H and O–H groups in total. The average molecular weight is 790 g/mol. The first-order valence-corrected chi connectivity index (χ1v) is 19.6. The molecule has 0 radical (unpaired) electrons. The standard InChI is InChI=1S/C22H26N8O.C17H18ClN7O/c1-14-15(7-23-21(26-14)29-11-22(12-29)5-6-22)9-30-10-16(8-25-30)20(31)27-17-3-4-18-19(17)24-13-28(18)2;1-10-11(5-19-17(18)22-10)7-25-8-12(6-21-25)16(26)23-13-3-4-14-15(13)20-9-24(14)2/h7-8,10,13,17H,3-6,9,11-12H2,1-2H3,(H,27,31);5-6,8-9,13H,3-4,7H2,1-2H3,(H,23,26)/t17-;13-/m11/s1. The van der Waals surface area contributed by atoms with Crippen LogP contribution in [-0.2, 0) is 40.0 Å². The number of anilines is 1. The second-order valence-electron chi connectivity index (χ2n) is 15.7. The van der Waals surface area contributed by atoms with Crippen LogP contribution in [0.5, 0.6) is 0 Å². The maximum absolute atomic E-state index is 12.7. The zero-order valence-corrected chi connectivity index (χ0v) is 33.1. The number of nitrogens with zero attached hydrogens (tertiary/aromatic N) is 13. The Morgan fingerprint density at radius 3 is 1.74 bits per heavy atom. The van der Waals surface area contributed by atoms with E-state index < -0.39 is 0 Å². The van der Waals surface area contributed by atoms with E-state index in [0.717, 1.165) is 78.6 Å². The number of halogens is 1. The summed E-state index contributed by atoms with van der Waals surface area (Å²) >= 11 is 5.78. The van der Waals surface area contributed by atoms with Gasteiger partial charge >= 0.3 is 0 Å². The predicted molar refractivity (Wildman–Crippen MR) is 209 cm³/mol. The minimum Gasteiger partial charge on any atom is -0.343 e. The maximum Gasteiger partial charge on any atom is 0.255 e. The third kappa shape index (κ3) is 7.38. The molecule has 2 amide bonds. The average Bonchev–Trinajstić information content (AvgIpc) is 3.82. The Morgan fingerprint density at radius 2 is 1.25 bits per heavy atom. The van der Waals surface area contributed by atoms with Gasteiger partial charge in [-0.15, -0.1) is 0 Å². The second kappa shape index (κ2) is 14.5. The van der Waals surface area contributed by atoms with E-state index in [1.807, 2.05) is 49.6 Å². The van der Waals surface area contributed by atoms with Crippen molar-refractivity contribution >= 4 is 29.4 Å². The number of aromatic nitrogens is 12. The molecule has 0 aromatic carbocycles. The van der Waals surface area contributed by atoms with Crippen molar-refractivity contribution in [3.05, 3.63) is 112 Å². The van der Waals surface area contributed by atoms with E-state index in [1.165, 1.54) is 24.2 Å². The van der Waals surface area contributed by atoms with E-state index in [9.17, 15) is 9.59 Å².